The summed E-state index contributed by atoms with van der Waals surface area (Å²) in [5.74, 6) is 0.350. The van der Waals surface area contributed by atoms with Crippen LogP contribution >= 0.6 is 11.8 Å². The summed E-state index contributed by atoms with van der Waals surface area (Å²) in [4.78, 5) is 29.8. The highest BCUT2D eigenvalue weighted by Gasteiger charge is 2.34. The molecule has 2 unspecified atom stereocenters. The van der Waals surface area contributed by atoms with Crippen molar-refractivity contribution in [3.05, 3.63) is 52.6 Å². The van der Waals surface area contributed by atoms with Crippen LogP contribution in [0.1, 0.15) is 37.5 Å². The standard InChI is InChI=1S/C22H27F3N4O4S/c1-28(16-8-5-4-7-15(16)22(23,24)25)11-6-2-3-9-18(31)26-17-10-12-29(21(32)27-17)19-14-34-20(13-30)33-19/h4-5,7-8,10,12,19-20,30H,2-3,6,9,11,13-14H2,1H3,(H,26,27,31,32). The largest absolute Gasteiger partial charge is 0.418 e. The summed E-state index contributed by atoms with van der Waals surface area (Å²) in [5.41, 5.74) is -1.49. The van der Waals surface area contributed by atoms with Crippen LogP contribution in [0.2, 0.25) is 0 Å². The molecule has 1 fully saturated rings. The molecule has 2 aromatic rings. The lowest BCUT2D eigenvalue weighted by molar-refractivity contribution is -0.137. The van der Waals surface area contributed by atoms with E-state index in [1.54, 1.807) is 18.0 Å². The lowest BCUT2D eigenvalue weighted by atomic mass is 10.1. The quantitative estimate of drug-likeness (QED) is 0.482. The lowest BCUT2D eigenvalue weighted by Crippen LogP contribution is -2.29. The van der Waals surface area contributed by atoms with Crippen molar-refractivity contribution in [1.29, 1.82) is 0 Å². The molecule has 1 saturated heterocycles. The van der Waals surface area contributed by atoms with Crippen molar-refractivity contribution in [3.63, 3.8) is 0 Å². The number of benzene rings is 1. The van der Waals surface area contributed by atoms with Crippen LogP contribution in [0, 0.1) is 0 Å². The van der Waals surface area contributed by atoms with Gasteiger partial charge in [-0.25, -0.2) is 4.79 Å². The molecule has 3 rings (SSSR count). The van der Waals surface area contributed by atoms with Crippen LogP contribution in [0.15, 0.2) is 41.3 Å². The number of aliphatic hydroxyl groups is 1. The average Bonchev–Trinajstić information content (AvgIpc) is 3.27. The van der Waals surface area contributed by atoms with Crippen LogP contribution in [0.5, 0.6) is 0 Å². The monoisotopic (exact) mass is 500 g/mol. The first-order valence-corrected chi connectivity index (χ1v) is 11.9. The summed E-state index contributed by atoms with van der Waals surface area (Å²) in [6, 6.07) is 6.95. The van der Waals surface area contributed by atoms with Gasteiger partial charge in [-0.2, -0.15) is 18.2 Å². The first-order valence-electron chi connectivity index (χ1n) is 10.8. The molecule has 34 heavy (non-hydrogen) atoms. The van der Waals surface area contributed by atoms with Gasteiger partial charge in [-0.05, 0) is 31.0 Å². The summed E-state index contributed by atoms with van der Waals surface area (Å²) >= 11 is 1.40. The fraction of sp³-hybridized carbons (Fsp3) is 0.500. The Bertz CT molecular complexity index is 1030. The van der Waals surface area contributed by atoms with Crippen LogP contribution in [-0.2, 0) is 15.7 Å². The van der Waals surface area contributed by atoms with E-state index in [2.05, 4.69) is 10.3 Å². The Hall–Kier alpha value is -2.57. The van der Waals surface area contributed by atoms with Crippen LogP contribution in [0.3, 0.4) is 0 Å². The van der Waals surface area contributed by atoms with Gasteiger partial charge in [0.15, 0.2) is 0 Å². The number of para-hydroxylation sites is 1. The Balaban J connectivity index is 1.41. The molecule has 186 valence electrons. The van der Waals surface area contributed by atoms with E-state index in [0.717, 1.165) is 6.07 Å². The van der Waals surface area contributed by atoms with E-state index in [1.165, 1.54) is 40.7 Å². The van der Waals surface area contributed by atoms with Gasteiger partial charge >= 0.3 is 11.9 Å². The molecule has 2 heterocycles. The second-order valence-corrected chi connectivity index (χ2v) is 9.03. The Morgan fingerprint density at radius 3 is 2.74 bits per heavy atom. The number of thioether (sulfide) groups is 1. The molecule has 0 saturated carbocycles. The molecule has 1 aromatic carbocycles. The molecule has 1 aliphatic rings. The van der Waals surface area contributed by atoms with Crippen molar-refractivity contribution in [2.75, 3.05) is 36.2 Å². The molecule has 8 nitrogen and oxygen atoms in total. The molecule has 2 atom stereocenters. The maximum absolute atomic E-state index is 13.2. The zero-order valence-electron chi connectivity index (χ0n) is 18.6. The number of amides is 1. The Morgan fingerprint density at radius 1 is 1.29 bits per heavy atom. The molecule has 0 radical (unpaired) electrons. The summed E-state index contributed by atoms with van der Waals surface area (Å²) in [6.07, 6.45) is -1.41. The minimum Gasteiger partial charge on any atom is -0.393 e. The van der Waals surface area contributed by atoms with Gasteiger partial charge in [-0.1, -0.05) is 18.6 Å². The zero-order chi connectivity index (χ0) is 24.7. The first kappa shape index (κ1) is 26.0. The number of nitrogens with one attached hydrogen (secondary N) is 1. The van der Waals surface area contributed by atoms with Crippen molar-refractivity contribution >= 4 is 29.2 Å². The van der Waals surface area contributed by atoms with Crippen molar-refractivity contribution in [1.82, 2.24) is 9.55 Å². The van der Waals surface area contributed by atoms with E-state index >= 15 is 0 Å². The topological polar surface area (TPSA) is 96.7 Å². The predicted molar refractivity (Wildman–Crippen MR) is 124 cm³/mol. The van der Waals surface area contributed by atoms with Gasteiger partial charge in [0.05, 0.1) is 12.2 Å². The summed E-state index contributed by atoms with van der Waals surface area (Å²) in [7, 11) is 1.62. The zero-order valence-corrected chi connectivity index (χ0v) is 19.4. The highest BCUT2D eigenvalue weighted by Crippen LogP contribution is 2.36. The average molecular weight is 501 g/mol. The summed E-state index contributed by atoms with van der Waals surface area (Å²) < 4.78 is 46.3. The van der Waals surface area contributed by atoms with Gasteiger partial charge in [0.25, 0.3) is 0 Å². The molecule has 1 aliphatic heterocycles. The molecular weight excluding hydrogens is 473 g/mol. The smallest absolute Gasteiger partial charge is 0.393 e. The van der Waals surface area contributed by atoms with Crippen LogP contribution in [0.25, 0.3) is 0 Å². The Morgan fingerprint density at radius 2 is 2.06 bits per heavy atom. The third-order valence-corrected chi connectivity index (χ3v) is 6.42. The molecule has 2 N–H and O–H groups in total. The van der Waals surface area contributed by atoms with E-state index < -0.39 is 23.7 Å². The van der Waals surface area contributed by atoms with E-state index in [-0.39, 0.29) is 35.9 Å². The van der Waals surface area contributed by atoms with Crippen LogP contribution < -0.4 is 15.9 Å². The number of aliphatic hydroxyl groups excluding tert-OH is 1. The van der Waals surface area contributed by atoms with Crippen molar-refractivity contribution in [2.24, 2.45) is 0 Å². The molecule has 1 amide bonds. The van der Waals surface area contributed by atoms with Crippen molar-refractivity contribution in [2.45, 2.75) is 43.5 Å². The maximum atomic E-state index is 13.2. The fourth-order valence-electron chi connectivity index (χ4n) is 3.57. The summed E-state index contributed by atoms with van der Waals surface area (Å²) in [6.45, 7) is 0.280. The van der Waals surface area contributed by atoms with Crippen LogP contribution in [-0.4, -0.2) is 52.0 Å². The normalized spacial score (nSPS) is 18.1. The number of hydrogen-bond donors (Lipinski definition) is 2. The second kappa shape index (κ2) is 11.7. The number of hydrogen-bond acceptors (Lipinski definition) is 7. The molecule has 12 heteroatoms. The number of unbranched alkanes of at least 4 members (excludes halogenated alkanes) is 2. The minimum atomic E-state index is -4.41. The molecule has 0 aliphatic carbocycles. The summed E-state index contributed by atoms with van der Waals surface area (Å²) in [5, 5.41) is 11.7. The third-order valence-electron chi connectivity index (χ3n) is 5.31. The molecule has 1 aromatic heterocycles. The van der Waals surface area contributed by atoms with Gasteiger partial charge in [-0.15, -0.1) is 11.8 Å². The van der Waals surface area contributed by atoms with Gasteiger partial charge < -0.3 is 20.1 Å². The number of carbonyl (C=O) groups excluding carboxylic acids is 1. The van der Waals surface area contributed by atoms with Gasteiger partial charge in [-0.3, -0.25) is 9.36 Å². The number of carbonyl (C=O) groups is 1. The molecule has 0 spiro atoms. The van der Waals surface area contributed by atoms with Gasteiger partial charge in [0, 0.05) is 37.7 Å². The number of alkyl halides is 3. The van der Waals surface area contributed by atoms with Crippen LogP contribution in [0.4, 0.5) is 24.7 Å². The number of aromatic nitrogens is 2. The number of anilines is 2. The Kier molecular flexibility index (Phi) is 8.97. The number of ether oxygens (including phenoxy) is 1. The Labute approximate surface area is 199 Å². The van der Waals surface area contributed by atoms with E-state index in [1.807, 2.05) is 0 Å². The van der Waals surface area contributed by atoms with E-state index in [4.69, 9.17) is 9.84 Å². The van der Waals surface area contributed by atoms with E-state index in [0.29, 0.717) is 31.6 Å². The predicted octanol–water partition coefficient (Wildman–Crippen LogP) is 3.48. The first-order chi connectivity index (χ1) is 16.2. The highest BCUT2D eigenvalue weighted by molar-refractivity contribution is 8.00. The maximum Gasteiger partial charge on any atom is 0.418 e. The third kappa shape index (κ3) is 6.97. The van der Waals surface area contributed by atoms with Crippen molar-refractivity contribution in [3.8, 4) is 0 Å². The number of nitrogens with zero attached hydrogens (tertiary/aromatic N) is 3. The minimum absolute atomic E-state index is 0.127. The van der Waals surface area contributed by atoms with Gasteiger partial charge in [0.2, 0.25) is 5.91 Å². The second-order valence-electron chi connectivity index (χ2n) is 7.83. The lowest BCUT2D eigenvalue weighted by Gasteiger charge is -2.23. The number of rotatable bonds is 10. The van der Waals surface area contributed by atoms with Crippen molar-refractivity contribution < 1.29 is 27.8 Å². The highest BCUT2D eigenvalue weighted by atomic mass is 32.2. The van der Waals surface area contributed by atoms with E-state index in [9.17, 15) is 22.8 Å². The molecular formula is C22H27F3N4O4S. The fourth-order valence-corrected chi connectivity index (χ4v) is 4.50. The SMILES string of the molecule is CN(CCCCCC(=O)Nc1ccn(C2CSC(CO)O2)c(=O)n1)c1ccccc1C(F)(F)F. The number of halogens is 3. The van der Waals surface area contributed by atoms with Gasteiger partial charge in [0.1, 0.15) is 17.5 Å². The molecule has 0 bridgehead atoms.